The summed E-state index contributed by atoms with van der Waals surface area (Å²) in [6.07, 6.45) is -0.562. The van der Waals surface area contributed by atoms with Gasteiger partial charge in [-0.2, -0.15) is 0 Å². The number of carbonyl (C=O) groups excluding carboxylic acids is 2. The van der Waals surface area contributed by atoms with Gasteiger partial charge in [0.15, 0.2) is 0 Å². The summed E-state index contributed by atoms with van der Waals surface area (Å²) in [6, 6.07) is -0.584. The Hall–Kier alpha value is -1.26. The summed E-state index contributed by atoms with van der Waals surface area (Å²) >= 11 is 0. The van der Waals surface area contributed by atoms with Crippen molar-refractivity contribution in [1.29, 1.82) is 0 Å². The molecule has 5 nitrogen and oxygen atoms in total. The molecular weight excluding hydrogens is 268 g/mol. The first-order valence-electron chi connectivity index (χ1n) is 7.71. The molecule has 0 aliphatic carbocycles. The lowest BCUT2D eigenvalue weighted by atomic mass is 9.97. The van der Waals surface area contributed by atoms with E-state index >= 15 is 0 Å². The first-order valence-corrected chi connectivity index (χ1v) is 7.71. The summed E-state index contributed by atoms with van der Waals surface area (Å²) in [5.41, 5.74) is -0.575. The van der Waals surface area contributed by atoms with Crippen molar-refractivity contribution in [1.82, 2.24) is 10.6 Å². The third-order valence-electron chi connectivity index (χ3n) is 3.36. The van der Waals surface area contributed by atoms with Gasteiger partial charge >= 0.3 is 6.09 Å². The molecule has 0 aromatic heterocycles. The van der Waals surface area contributed by atoms with E-state index in [1.54, 1.807) is 20.8 Å². The molecule has 0 aliphatic rings. The number of hydrogen-bond donors (Lipinski definition) is 2. The van der Waals surface area contributed by atoms with Crippen LogP contribution in [0.2, 0.25) is 0 Å². The predicted octanol–water partition coefficient (Wildman–Crippen LogP) is 2.94. The van der Waals surface area contributed by atoms with E-state index in [9.17, 15) is 9.59 Å². The first kappa shape index (κ1) is 19.7. The Bertz CT molecular complexity index is 346. The van der Waals surface area contributed by atoms with Gasteiger partial charge in [-0.25, -0.2) is 4.79 Å². The molecule has 2 unspecified atom stereocenters. The van der Waals surface area contributed by atoms with Crippen LogP contribution in [0.5, 0.6) is 0 Å². The summed E-state index contributed by atoms with van der Waals surface area (Å²) in [4.78, 5) is 24.0. The van der Waals surface area contributed by atoms with E-state index in [0.717, 1.165) is 0 Å². The lowest BCUT2D eigenvalue weighted by molar-refractivity contribution is -0.124. The number of alkyl carbamates (subject to hydrolysis) is 1. The third kappa shape index (κ3) is 8.58. The Morgan fingerprint density at radius 2 is 1.52 bits per heavy atom. The van der Waals surface area contributed by atoms with Gasteiger partial charge in [0.1, 0.15) is 11.6 Å². The van der Waals surface area contributed by atoms with Crippen LogP contribution >= 0.6 is 0 Å². The predicted molar refractivity (Wildman–Crippen MR) is 85.0 cm³/mol. The largest absolute Gasteiger partial charge is 0.444 e. The molecule has 0 aromatic rings. The maximum atomic E-state index is 12.2. The Morgan fingerprint density at radius 3 is 1.90 bits per heavy atom. The molecule has 0 rings (SSSR count). The van der Waals surface area contributed by atoms with Crippen molar-refractivity contribution in [2.75, 3.05) is 6.54 Å². The topological polar surface area (TPSA) is 67.4 Å². The molecule has 124 valence electrons. The molecule has 0 bridgehead atoms. The quantitative estimate of drug-likeness (QED) is 0.792. The van der Waals surface area contributed by atoms with Crippen LogP contribution in [0.15, 0.2) is 0 Å². The molecule has 0 aromatic carbocycles. The van der Waals surface area contributed by atoms with E-state index in [2.05, 4.69) is 31.4 Å². The smallest absolute Gasteiger partial charge is 0.408 e. The summed E-state index contributed by atoms with van der Waals surface area (Å²) in [5.74, 6) is 0.722. The zero-order chi connectivity index (χ0) is 16.8. The zero-order valence-electron chi connectivity index (χ0n) is 14.7. The average molecular weight is 300 g/mol. The van der Waals surface area contributed by atoms with Gasteiger partial charge in [-0.3, -0.25) is 4.79 Å². The number of nitrogens with one attached hydrogen (secondary N) is 2. The fourth-order valence-corrected chi connectivity index (χ4v) is 1.58. The van der Waals surface area contributed by atoms with E-state index in [1.807, 2.05) is 13.8 Å². The average Bonchev–Trinajstić information content (AvgIpc) is 2.29. The highest BCUT2D eigenvalue weighted by molar-refractivity contribution is 5.85. The second kappa shape index (κ2) is 8.25. The van der Waals surface area contributed by atoms with Crippen molar-refractivity contribution in [2.24, 2.45) is 17.8 Å². The highest BCUT2D eigenvalue weighted by Gasteiger charge is 2.27. The van der Waals surface area contributed by atoms with Crippen LogP contribution in [-0.4, -0.2) is 30.2 Å². The molecule has 0 spiro atoms. The van der Waals surface area contributed by atoms with Gasteiger partial charge in [-0.15, -0.1) is 0 Å². The molecule has 2 amide bonds. The van der Waals surface area contributed by atoms with Crippen LogP contribution in [0, 0.1) is 17.8 Å². The van der Waals surface area contributed by atoms with Crippen LogP contribution in [0.4, 0.5) is 4.79 Å². The number of carbonyl (C=O) groups is 2. The molecule has 0 aliphatic heterocycles. The van der Waals surface area contributed by atoms with Crippen LogP contribution in [0.25, 0.3) is 0 Å². The van der Waals surface area contributed by atoms with Crippen molar-refractivity contribution in [3.8, 4) is 0 Å². The van der Waals surface area contributed by atoms with Gasteiger partial charge in [0.05, 0.1) is 0 Å². The molecule has 2 atom stereocenters. The van der Waals surface area contributed by atoms with Crippen LogP contribution in [-0.2, 0) is 9.53 Å². The van der Waals surface area contributed by atoms with Crippen molar-refractivity contribution >= 4 is 12.0 Å². The van der Waals surface area contributed by atoms with Gasteiger partial charge in [-0.1, -0.05) is 34.6 Å². The zero-order valence-corrected chi connectivity index (χ0v) is 14.7. The van der Waals surface area contributed by atoms with Crippen LogP contribution in [0.3, 0.4) is 0 Å². The highest BCUT2D eigenvalue weighted by Crippen LogP contribution is 2.10. The summed E-state index contributed by atoms with van der Waals surface area (Å²) in [5, 5.41) is 5.56. The van der Waals surface area contributed by atoms with Crippen molar-refractivity contribution < 1.29 is 14.3 Å². The standard InChI is InChI=1S/C16H32N2O3/c1-10(2)12(5)9-17-14(19)13(11(3)4)18-15(20)21-16(6,7)8/h10-13H,9H2,1-8H3,(H,17,19)(H,18,20). The maximum Gasteiger partial charge on any atom is 0.408 e. The van der Waals surface area contributed by atoms with E-state index in [1.165, 1.54) is 0 Å². The fourth-order valence-electron chi connectivity index (χ4n) is 1.58. The van der Waals surface area contributed by atoms with E-state index in [-0.39, 0.29) is 11.8 Å². The van der Waals surface area contributed by atoms with Crippen LogP contribution < -0.4 is 10.6 Å². The molecule has 21 heavy (non-hydrogen) atoms. The molecule has 0 radical (unpaired) electrons. The lowest BCUT2D eigenvalue weighted by Gasteiger charge is -2.26. The van der Waals surface area contributed by atoms with E-state index < -0.39 is 17.7 Å². The van der Waals surface area contributed by atoms with Crippen molar-refractivity contribution in [2.45, 2.75) is 67.0 Å². The number of hydrogen-bond acceptors (Lipinski definition) is 3. The third-order valence-corrected chi connectivity index (χ3v) is 3.36. The SMILES string of the molecule is CC(C)C(C)CNC(=O)C(NC(=O)OC(C)(C)C)C(C)C. The van der Waals surface area contributed by atoms with Gasteiger partial charge in [-0.05, 0) is 38.5 Å². The molecule has 0 heterocycles. The van der Waals surface area contributed by atoms with E-state index in [4.69, 9.17) is 4.74 Å². The Labute approximate surface area is 129 Å². The second-order valence-electron chi connectivity index (χ2n) is 7.33. The monoisotopic (exact) mass is 300 g/mol. The minimum atomic E-state index is -0.584. The molecule has 0 fully saturated rings. The minimum Gasteiger partial charge on any atom is -0.444 e. The summed E-state index contributed by atoms with van der Waals surface area (Å²) < 4.78 is 5.20. The normalized spacial score (nSPS) is 14.8. The molecule has 5 heteroatoms. The van der Waals surface area contributed by atoms with E-state index in [0.29, 0.717) is 18.4 Å². The Morgan fingerprint density at radius 1 is 1.00 bits per heavy atom. The van der Waals surface area contributed by atoms with Crippen molar-refractivity contribution in [3.05, 3.63) is 0 Å². The van der Waals surface area contributed by atoms with Gasteiger partial charge < -0.3 is 15.4 Å². The van der Waals surface area contributed by atoms with Crippen LogP contribution in [0.1, 0.15) is 55.4 Å². The summed E-state index contributed by atoms with van der Waals surface area (Å²) in [6.45, 7) is 16.1. The van der Waals surface area contributed by atoms with Gasteiger partial charge in [0.25, 0.3) is 0 Å². The van der Waals surface area contributed by atoms with Gasteiger partial charge in [0.2, 0.25) is 5.91 Å². The Kier molecular flexibility index (Phi) is 7.75. The second-order valence-corrected chi connectivity index (χ2v) is 7.33. The number of ether oxygens (including phenoxy) is 1. The highest BCUT2D eigenvalue weighted by atomic mass is 16.6. The van der Waals surface area contributed by atoms with Gasteiger partial charge in [0, 0.05) is 6.54 Å². The summed E-state index contributed by atoms with van der Waals surface area (Å²) in [7, 11) is 0. The molecule has 0 saturated heterocycles. The first-order chi connectivity index (χ1) is 9.44. The molecule has 2 N–H and O–H groups in total. The number of rotatable bonds is 6. The fraction of sp³-hybridized carbons (Fsp3) is 0.875. The molecular formula is C16H32N2O3. The number of amides is 2. The lowest BCUT2D eigenvalue weighted by Crippen LogP contribution is -2.51. The van der Waals surface area contributed by atoms with Crippen molar-refractivity contribution in [3.63, 3.8) is 0 Å². The molecule has 0 saturated carbocycles. The Balaban J connectivity index is 4.54. The minimum absolute atomic E-state index is 0.00752. The maximum absolute atomic E-state index is 12.2.